The van der Waals surface area contributed by atoms with Crippen LogP contribution in [0, 0.1) is 12.8 Å². The van der Waals surface area contributed by atoms with E-state index < -0.39 is 34.2 Å². The van der Waals surface area contributed by atoms with Crippen LogP contribution in [0.2, 0.25) is 0 Å². The SMILES string of the molecule is Cc1ccc(S(=O)(=O)N[C@H](Cc2ccccc2)C(=O)NCc2ccccc2-c2ccc([C@H]3O[C@@H](CSc4ccc(C(=O)O)cc4)[C@@H](C)[C@@H](c4ccc(CO)cc4)O3)cc2)cc1. The van der Waals surface area contributed by atoms with E-state index in [0.717, 1.165) is 49.4 Å². The zero-order valence-electron chi connectivity index (χ0n) is 33.8. The summed E-state index contributed by atoms with van der Waals surface area (Å²) in [5, 5.41) is 22.0. The summed E-state index contributed by atoms with van der Waals surface area (Å²) in [4.78, 5) is 26.2. The number of ether oxygens (including phenoxy) is 2. The first-order chi connectivity index (χ1) is 29.5. The van der Waals surface area contributed by atoms with Crippen molar-refractivity contribution in [3.63, 3.8) is 0 Å². The third-order valence-electron chi connectivity index (χ3n) is 10.8. The Morgan fingerprint density at radius 3 is 2.08 bits per heavy atom. The number of carboxylic acid groups (broad SMARTS) is 1. The molecule has 0 spiro atoms. The van der Waals surface area contributed by atoms with Crippen molar-refractivity contribution in [3.05, 3.63) is 191 Å². The van der Waals surface area contributed by atoms with Gasteiger partial charge < -0.3 is 25.0 Å². The number of aromatic carboxylic acids is 1. The van der Waals surface area contributed by atoms with Gasteiger partial charge in [-0.05, 0) is 83.1 Å². The molecule has 1 saturated heterocycles. The van der Waals surface area contributed by atoms with Crippen LogP contribution in [-0.4, -0.2) is 48.4 Å². The summed E-state index contributed by atoms with van der Waals surface area (Å²) in [5.74, 6) is -0.846. The Balaban J connectivity index is 1.08. The van der Waals surface area contributed by atoms with Crippen LogP contribution in [-0.2, 0) is 43.9 Å². The number of carbonyl (C=O) groups excluding carboxylic acids is 1. The third kappa shape index (κ3) is 11.0. The molecular weight excluding hydrogens is 809 g/mol. The highest BCUT2D eigenvalue weighted by atomic mass is 32.2. The third-order valence-corrected chi connectivity index (χ3v) is 13.4. The van der Waals surface area contributed by atoms with E-state index in [9.17, 15) is 28.2 Å². The minimum absolute atomic E-state index is 0.0337. The first-order valence-electron chi connectivity index (χ1n) is 20.0. The van der Waals surface area contributed by atoms with Gasteiger partial charge in [0.1, 0.15) is 6.04 Å². The van der Waals surface area contributed by atoms with E-state index in [-0.39, 0.29) is 48.2 Å². The molecular formula is C49H48N2O8S2. The molecule has 1 aliphatic rings. The zero-order valence-corrected chi connectivity index (χ0v) is 35.4. The van der Waals surface area contributed by atoms with E-state index >= 15 is 0 Å². The smallest absolute Gasteiger partial charge is 0.335 e. The number of hydrogen-bond donors (Lipinski definition) is 4. The lowest BCUT2D eigenvalue weighted by atomic mass is 9.91. The fraction of sp³-hybridized carbons (Fsp3) is 0.224. The highest BCUT2D eigenvalue weighted by molar-refractivity contribution is 7.99. The number of nitrogens with one attached hydrogen (secondary N) is 2. The second kappa shape index (κ2) is 19.9. The van der Waals surface area contributed by atoms with E-state index in [1.54, 1.807) is 48.2 Å². The van der Waals surface area contributed by atoms with Crippen molar-refractivity contribution in [2.24, 2.45) is 5.92 Å². The maximum Gasteiger partial charge on any atom is 0.335 e. The molecule has 6 aromatic rings. The van der Waals surface area contributed by atoms with Crippen molar-refractivity contribution in [1.82, 2.24) is 10.0 Å². The summed E-state index contributed by atoms with van der Waals surface area (Å²) < 4.78 is 42.9. The van der Waals surface area contributed by atoms with Gasteiger partial charge in [-0.25, -0.2) is 13.2 Å². The summed E-state index contributed by atoms with van der Waals surface area (Å²) in [7, 11) is -4.00. The maximum atomic E-state index is 13.8. The number of thioether (sulfide) groups is 1. The summed E-state index contributed by atoms with van der Waals surface area (Å²) in [6.07, 6.45) is -1.05. The Morgan fingerprint density at radius 2 is 1.41 bits per heavy atom. The number of hydrogen-bond acceptors (Lipinski definition) is 8. The second-order valence-electron chi connectivity index (χ2n) is 15.1. The minimum Gasteiger partial charge on any atom is -0.478 e. The van der Waals surface area contributed by atoms with E-state index in [0.29, 0.717) is 5.75 Å². The monoisotopic (exact) mass is 856 g/mol. The fourth-order valence-electron chi connectivity index (χ4n) is 7.27. The number of rotatable bonds is 16. The first-order valence-corrected chi connectivity index (χ1v) is 22.5. The molecule has 5 atom stereocenters. The lowest BCUT2D eigenvalue weighted by molar-refractivity contribution is -0.268. The van der Waals surface area contributed by atoms with Gasteiger partial charge in [-0.1, -0.05) is 128 Å². The number of sulfonamides is 1. The Kier molecular flexibility index (Phi) is 14.2. The molecule has 1 aliphatic heterocycles. The molecule has 0 radical (unpaired) electrons. The molecule has 314 valence electrons. The van der Waals surface area contributed by atoms with Gasteiger partial charge in [0.2, 0.25) is 15.9 Å². The van der Waals surface area contributed by atoms with Gasteiger partial charge in [-0.15, -0.1) is 11.8 Å². The minimum atomic E-state index is -4.00. The van der Waals surface area contributed by atoms with E-state index in [4.69, 9.17) is 9.47 Å². The molecule has 4 N–H and O–H groups in total. The van der Waals surface area contributed by atoms with E-state index in [2.05, 4.69) is 17.0 Å². The van der Waals surface area contributed by atoms with Gasteiger partial charge in [0, 0.05) is 28.7 Å². The standard InChI is InChI=1S/C49H48N2O8S2/c1-32-12-26-42(27-13-32)61(56,57)51-44(28-34-8-4-3-5-9-34)47(53)50-29-40-10-6-7-11-43(40)36-18-20-39(21-19-36)49-58-45(31-60-41-24-22-38(23-25-41)48(54)55)33(2)46(59-49)37-16-14-35(30-52)15-17-37/h3-27,33,44-46,49,51-52H,28-31H2,1-2H3,(H,50,53)(H,54,55)/t33-,44-,45+,46+,49+/m1/s1. The number of aliphatic hydroxyl groups is 1. The van der Waals surface area contributed by atoms with Gasteiger partial charge in [0.25, 0.3) is 0 Å². The molecule has 1 amide bonds. The molecule has 0 bridgehead atoms. The topological polar surface area (TPSA) is 151 Å². The number of aliphatic hydroxyl groups excluding tert-OH is 1. The highest BCUT2D eigenvalue weighted by Gasteiger charge is 2.38. The maximum absolute atomic E-state index is 13.8. The van der Waals surface area contributed by atoms with E-state index in [1.807, 2.05) is 110 Å². The molecule has 1 heterocycles. The van der Waals surface area contributed by atoms with Crippen LogP contribution >= 0.6 is 11.8 Å². The Bertz CT molecular complexity index is 2520. The number of carbonyl (C=O) groups is 2. The zero-order chi connectivity index (χ0) is 42.9. The molecule has 7 rings (SSSR count). The number of aryl methyl sites for hydroxylation is 1. The van der Waals surface area contributed by atoms with Crippen molar-refractivity contribution < 1.29 is 37.7 Å². The van der Waals surface area contributed by atoms with Crippen molar-refractivity contribution in [2.75, 3.05) is 5.75 Å². The Labute approximate surface area is 361 Å². The van der Waals surface area contributed by atoms with Crippen LogP contribution in [0.5, 0.6) is 0 Å². The quantitative estimate of drug-likeness (QED) is 0.0702. The van der Waals surface area contributed by atoms with Crippen LogP contribution in [0.15, 0.2) is 161 Å². The van der Waals surface area contributed by atoms with Gasteiger partial charge in [0.05, 0.1) is 29.3 Å². The average Bonchev–Trinajstić information content (AvgIpc) is 3.28. The van der Waals surface area contributed by atoms with Crippen LogP contribution in [0.25, 0.3) is 11.1 Å². The molecule has 6 aromatic carbocycles. The molecule has 0 aromatic heterocycles. The van der Waals surface area contributed by atoms with Gasteiger partial charge in [-0.3, -0.25) is 4.79 Å². The molecule has 0 saturated carbocycles. The number of benzene rings is 6. The summed E-state index contributed by atoms with van der Waals surface area (Å²) in [6.45, 7) is 4.08. The van der Waals surface area contributed by atoms with E-state index in [1.165, 1.54) is 12.1 Å². The van der Waals surface area contributed by atoms with Crippen LogP contribution in [0.1, 0.15) is 63.1 Å². The van der Waals surface area contributed by atoms with Crippen LogP contribution < -0.4 is 10.0 Å². The Hall–Kier alpha value is -5.60. The Morgan fingerprint density at radius 1 is 0.754 bits per heavy atom. The predicted molar refractivity (Wildman–Crippen MR) is 236 cm³/mol. The molecule has 0 unspecified atom stereocenters. The molecule has 1 fully saturated rings. The molecule has 12 heteroatoms. The van der Waals surface area contributed by atoms with Gasteiger partial charge in [-0.2, -0.15) is 4.72 Å². The number of carboxylic acids is 1. The van der Waals surface area contributed by atoms with Gasteiger partial charge in [0.15, 0.2) is 6.29 Å². The molecule has 10 nitrogen and oxygen atoms in total. The normalized spacial score (nSPS) is 18.3. The first kappa shape index (κ1) is 43.5. The second-order valence-corrected chi connectivity index (χ2v) is 17.9. The van der Waals surface area contributed by atoms with Crippen molar-refractivity contribution in [1.29, 1.82) is 0 Å². The number of amides is 1. The summed E-state index contributed by atoms with van der Waals surface area (Å²) in [5.41, 5.74) is 7.24. The highest BCUT2D eigenvalue weighted by Crippen LogP contribution is 2.43. The van der Waals surface area contributed by atoms with Crippen LogP contribution in [0.3, 0.4) is 0 Å². The lowest BCUT2D eigenvalue weighted by Gasteiger charge is -2.41. The summed E-state index contributed by atoms with van der Waals surface area (Å²) in [6, 6.07) is 45.0. The van der Waals surface area contributed by atoms with Crippen LogP contribution in [0.4, 0.5) is 0 Å². The van der Waals surface area contributed by atoms with Crippen molar-refractivity contribution in [2.45, 2.75) is 67.8 Å². The van der Waals surface area contributed by atoms with Gasteiger partial charge >= 0.3 is 5.97 Å². The molecule has 61 heavy (non-hydrogen) atoms. The largest absolute Gasteiger partial charge is 0.478 e. The average molecular weight is 857 g/mol. The molecule has 0 aliphatic carbocycles. The predicted octanol–water partition coefficient (Wildman–Crippen LogP) is 8.64. The lowest BCUT2D eigenvalue weighted by Crippen LogP contribution is -2.47. The van der Waals surface area contributed by atoms with Crippen molar-refractivity contribution >= 4 is 33.7 Å². The van der Waals surface area contributed by atoms with Crippen molar-refractivity contribution in [3.8, 4) is 11.1 Å². The summed E-state index contributed by atoms with van der Waals surface area (Å²) >= 11 is 1.59. The fourth-order valence-corrected chi connectivity index (χ4v) is 9.54.